The molecule has 1 N–H and O–H groups in total. The summed E-state index contributed by atoms with van der Waals surface area (Å²) in [6.45, 7) is 0. The number of hydrogen-bond acceptors (Lipinski definition) is 2. The number of benzene rings is 1. The van der Waals surface area contributed by atoms with E-state index < -0.39 is 11.6 Å². The van der Waals surface area contributed by atoms with Crippen molar-refractivity contribution in [3.63, 3.8) is 0 Å². The van der Waals surface area contributed by atoms with Gasteiger partial charge in [0.05, 0.1) is 12.2 Å². The maximum Gasteiger partial charge on any atom is 0.165 e. The molecule has 16 heavy (non-hydrogen) atoms. The maximum absolute atomic E-state index is 13.3. The van der Waals surface area contributed by atoms with Gasteiger partial charge in [-0.3, -0.25) is 0 Å². The number of halogens is 2. The fourth-order valence-electron chi connectivity index (χ4n) is 1.91. The van der Waals surface area contributed by atoms with Gasteiger partial charge in [-0.05, 0) is 37.8 Å². The Balaban J connectivity index is 2.00. The van der Waals surface area contributed by atoms with Gasteiger partial charge in [0.2, 0.25) is 0 Å². The molecular weight excluding hydrogens is 214 g/mol. The third kappa shape index (κ3) is 2.70. The van der Waals surface area contributed by atoms with E-state index in [0.29, 0.717) is 25.7 Å². The lowest BCUT2D eigenvalue weighted by Crippen LogP contribution is -2.26. The Morgan fingerprint density at radius 2 is 1.81 bits per heavy atom. The van der Waals surface area contributed by atoms with E-state index in [4.69, 9.17) is 4.74 Å². The van der Waals surface area contributed by atoms with E-state index in [2.05, 4.69) is 0 Å². The zero-order chi connectivity index (χ0) is 11.5. The molecule has 1 aromatic rings. The molecule has 88 valence electrons. The Labute approximate surface area is 92.9 Å². The fraction of sp³-hybridized carbons (Fsp3) is 0.500. The van der Waals surface area contributed by atoms with E-state index in [1.54, 1.807) is 0 Å². The summed E-state index contributed by atoms with van der Waals surface area (Å²) in [6.07, 6.45) is 2.26. The summed E-state index contributed by atoms with van der Waals surface area (Å²) in [7, 11) is 0. The van der Waals surface area contributed by atoms with Gasteiger partial charge in [0.1, 0.15) is 5.82 Å². The highest BCUT2D eigenvalue weighted by Gasteiger charge is 2.21. The molecule has 4 heteroatoms. The van der Waals surface area contributed by atoms with Crippen LogP contribution in [0.15, 0.2) is 18.2 Å². The van der Waals surface area contributed by atoms with Crippen LogP contribution in [-0.2, 0) is 0 Å². The van der Waals surface area contributed by atoms with Crippen molar-refractivity contribution in [2.45, 2.75) is 37.9 Å². The summed E-state index contributed by atoms with van der Waals surface area (Å²) in [5, 5.41) is 9.30. The molecule has 0 aromatic heterocycles. The minimum atomic E-state index is -0.549. The molecule has 0 amide bonds. The molecule has 0 saturated heterocycles. The molecule has 0 radical (unpaired) electrons. The number of aliphatic hydroxyl groups is 1. The number of rotatable bonds is 2. The summed E-state index contributed by atoms with van der Waals surface area (Å²) in [6, 6.07) is 3.18. The van der Waals surface area contributed by atoms with Gasteiger partial charge in [-0.25, -0.2) is 8.78 Å². The van der Waals surface area contributed by atoms with Crippen LogP contribution < -0.4 is 4.74 Å². The van der Waals surface area contributed by atoms with Crippen molar-refractivity contribution in [3.8, 4) is 5.75 Å². The molecule has 0 unspecified atom stereocenters. The molecular formula is C12H14F2O2. The van der Waals surface area contributed by atoms with Gasteiger partial charge in [0.25, 0.3) is 0 Å². The smallest absolute Gasteiger partial charge is 0.165 e. The zero-order valence-corrected chi connectivity index (χ0v) is 8.83. The van der Waals surface area contributed by atoms with Crippen molar-refractivity contribution < 1.29 is 18.6 Å². The van der Waals surface area contributed by atoms with Gasteiger partial charge in [0, 0.05) is 6.07 Å². The molecule has 2 nitrogen and oxygen atoms in total. The van der Waals surface area contributed by atoms with Gasteiger partial charge in [-0.15, -0.1) is 0 Å². The third-order valence-electron chi connectivity index (χ3n) is 2.83. The first-order valence-corrected chi connectivity index (χ1v) is 5.45. The number of hydrogen-bond donors (Lipinski definition) is 1. The van der Waals surface area contributed by atoms with Crippen molar-refractivity contribution in [1.29, 1.82) is 0 Å². The third-order valence-corrected chi connectivity index (χ3v) is 2.83. The lowest BCUT2D eigenvalue weighted by Gasteiger charge is -2.26. The van der Waals surface area contributed by atoms with Gasteiger partial charge in [-0.1, -0.05) is 0 Å². The highest BCUT2D eigenvalue weighted by molar-refractivity contribution is 5.25. The van der Waals surface area contributed by atoms with Crippen LogP contribution in [-0.4, -0.2) is 17.3 Å². The van der Waals surface area contributed by atoms with Gasteiger partial charge < -0.3 is 9.84 Å². The first kappa shape index (κ1) is 11.3. The van der Waals surface area contributed by atoms with Crippen molar-refractivity contribution in [3.05, 3.63) is 29.8 Å². The monoisotopic (exact) mass is 228 g/mol. The van der Waals surface area contributed by atoms with E-state index in [1.807, 2.05) is 0 Å². The molecule has 1 fully saturated rings. The highest BCUT2D eigenvalue weighted by atomic mass is 19.1. The molecule has 1 aliphatic carbocycles. The second-order valence-corrected chi connectivity index (χ2v) is 4.12. The van der Waals surface area contributed by atoms with Gasteiger partial charge in [0.15, 0.2) is 11.6 Å². The predicted octanol–water partition coefficient (Wildman–Crippen LogP) is 2.65. The van der Waals surface area contributed by atoms with E-state index >= 15 is 0 Å². The van der Waals surface area contributed by atoms with E-state index in [-0.39, 0.29) is 18.0 Å². The Bertz CT molecular complexity index is 360. The average molecular weight is 228 g/mol. The Morgan fingerprint density at radius 3 is 2.50 bits per heavy atom. The van der Waals surface area contributed by atoms with Gasteiger partial charge in [-0.2, -0.15) is 0 Å². The second-order valence-electron chi connectivity index (χ2n) is 4.12. The summed E-state index contributed by atoms with van der Waals surface area (Å²) in [5.74, 6) is -1.10. The van der Waals surface area contributed by atoms with Crippen LogP contribution in [0.3, 0.4) is 0 Å². The average Bonchev–Trinajstić information content (AvgIpc) is 2.27. The second kappa shape index (κ2) is 4.78. The van der Waals surface area contributed by atoms with Crippen LogP contribution in [0.4, 0.5) is 8.78 Å². The van der Waals surface area contributed by atoms with Crippen molar-refractivity contribution in [2.24, 2.45) is 0 Å². The van der Waals surface area contributed by atoms with Crippen LogP contribution in [0.25, 0.3) is 0 Å². The molecule has 0 atom stereocenters. The van der Waals surface area contributed by atoms with E-state index in [1.165, 1.54) is 0 Å². The normalized spacial score (nSPS) is 25.4. The van der Waals surface area contributed by atoms with Gasteiger partial charge >= 0.3 is 0 Å². The molecule has 1 saturated carbocycles. The van der Waals surface area contributed by atoms with Crippen LogP contribution in [0.5, 0.6) is 5.75 Å². The highest BCUT2D eigenvalue weighted by Crippen LogP contribution is 2.26. The standard InChI is InChI=1S/C12H14F2O2/c13-8-1-6-11(14)12(7-8)16-10-4-2-9(15)3-5-10/h1,6-7,9-10,15H,2-5H2. The van der Waals surface area contributed by atoms with Crippen molar-refractivity contribution in [2.75, 3.05) is 0 Å². The summed E-state index contributed by atoms with van der Waals surface area (Å²) in [5.41, 5.74) is 0. The summed E-state index contributed by atoms with van der Waals surface area (Å²) >= 11 is 0. The fourth-order valence-corrected chi connectivity index (χ4v) is 1.91. The molecule has 1 aromatic carbocycles. The van der Waals surface area contributed by atoms with Crippen molar-refractivity contribution in [1.82, 2.24) is 0 Å². The summed E-state index contributed by atoms with van der Waals surface area (Å²) < 4.78 is 31.5. The van der Waals surface area contributed by atoms with Crippen molar-refractivity contribution >= 4 is 0 Å². The molecule has 0 aliphatic heterocycles. The Kier molecular flexibility index (Phi) is 3.39. The van der Waals surface area contributed by atoms with Crippen LogP contribution in [0.1, 0.15) is 25.7 Å². The largest absolute Gasteiger partial charge is 0.487 e. The molecule has 0 heterocycles. The minimum absolute atomic E-state index is 0.0404. The summed E-state index contributed by atoms with van der Waals surface area (Å²) in [4.78, 5) is 0. The predicted molar refractivity (Wildman–Crippen MR) is 55.2 cm³/mol. The zero-order valence-electron chi connectivity index (χ0n) is 8.83. The number of ether oxygens (including phenoxy) is 1. The van der Waals surface area contributed by atoms with Crippen LogP contribution >= 0.6 is 0 Å². The lowest BCUT2D eigenvalue weighted by atomic mass is 9.95. The minimum Gasteiger partial charge on any atom is -0.487 e. The lowest BCUT2D eigenvalue weighted by molar-refractivity contribution is 0.0645. The van der Waals surface area contributed by atoms with Crippen LogP contribution in [0.2, 0.25) is 0 Å². The van der Waals surface area contributed by atoms with Crippen LogP contribution in [0, 0.1) is 11.6 Å². The quantitative estimate of drug-likeness (QED) is 0.843. The molecule has 1 aliphatic rings. The maximum atomic E-state index is 13.3. The number of aliphatic hydroxyl groups excluding tert-OH is 1. The first-order chi connectivity index (χ1) is 7.65. The molecule has 0 spiro atoms. The van der Waals surface area contributed by atoms with E-state index in [0.717, 1.165) is 18.2 Å². The first-order valence-electron chi connectivity index (χ1n) is 5.45. The SMILES string of the molecule is OC1CCC(Oc2cc(F)ccc2F)CC1. The Morgan fingerprint density at radius 1 is 1.12 bits per heavy atom. The Hall–Kier alpha value is -1.16. The topological polar surface area (TPSA) is 29.5 Å². The van der Waals surface area contributed by atoms with E-state index in [9.17, 15) is 13.9 Å². The molecule has 0 bridgehead atoms. The molecule has 2 rings (SSSR count).